The van der Waals surface area contributed by atoms with Crippen LogP contribution in [0.3, 0.4) is 0 Å². The molecule has 0 saturated heterocycles. The number of rotatable bonds is 15. The van der Waals surface area contributed by atoms with Crippen LogP contribution in [-0.2, 0) is 14.4 Å². The van der Waals surface area contributed by atoms with E-state index in [1.807, 2.05) is 13.8 Å². The molecule has 0 aromatic heterocycles. The molecule has 0 fully saturated rings. The summed E-state index contributed by atoms with van der Waals surface area (Å²) >= 11 is 0. The fourth-order valence-corrected chi connectivity index (χ4v) is 7.79. The van der Waals surface area contributed by atoms with Crippen molar-refractivity contribution >= 4 is 26.5 Å². The lowest BCUT2D eigenvalue weighted by molar-refractivity contribution is -0.177. The molecule has 31 heavy (non-hydrogen) atoms. The first-order valence-corrected chi connectivity index (χ1v) is 13.3. The molecule has 0 heterocycles. The fourth-order valence-electron chi connectivity index (χ4n) is 4.21. The molecule has 0 aliphatic carbocycles. The van der Waals surface area contributed by atoms with Gasteiger partial charge in [0.1, 0.15) is 18.3 Å². The molecule has 6 N–H and O–H groups in total. The SMILES string of the molecule is CCC[Si](CCC)C(C)C(C(O)C(=O)NCC)(C(O)C(=O)NCC)C(O)C(=O)NCC. The Kier molecular flexibility index (Phi) is 13.8. The molecule has 181 valence electrons. The van der Waals surface area contributed by atoms with Gasteiger partial charge in [0.25, 0.3) is 0 Å². The van der Waals surface area contributed by atoms with Gasteiger partial charge in [0.05, 0.1) is 14.2 Å². The van der Waals surface area contributed by atoms with Crippen LogP contribution in [0.15, 0.2) is 0 Å². The molecule has 0 spiro atoms. The molecule has 0 aliphatic heterocycles. The van der Waals surface area contributed by atoms with Gasteiger partial charge in [-0.15, -0.1) is 0 Å². The summed E-state index contributed by atoms with van der Waals surface area (Å²) in [6.45, 7) is 11.4. The molecule has 0 aromatic carbocycles. The van der Waals surface area contributed by atoms with E-state index in [4.69, 9.17) is 0 Å². The first kappa shape index (κ1) is 29.5. The number of carbonyl (C=O) groups is 3. The lowest BCUT2D eigenvalue weighted by Crippen LogP contribution is -2.68. The Balaban J connectivity index is 6.88. The molecule has 9 nitrogen and oxygen atoms in total. The lowest BCUT2D eigenvalue weighted by Gasteiger charge is -2.49. The van der Waals surface area contributed by atoms with Crippen molar-refractivity contribution in [3.8, 4) is 0 Å². The van der Waals surface area contributed by atoms with Crippen LogP contribution < -0.4 is 16.0 Å². The summed E-state index contributed by atoms with van der Waals surface area (Å²) in [5.74, 6) is -2.51. The van der Waals surface area contributed by atoms with Crippen molar-refractivity contribution in [2.45, 2.75) is 90.3 Å². The summed E-state index contributed by atoms with van der Waals surface area (Å²) in [5.41, 5.74) is -2.73. The van der Waals surface area contributed by atoms with E-state index in [9.17, 15) is 29.7 Å². The Morgan fingerprint density at radius 2 is 1.00 bits per heavy atom. The van der Waals surface area contributed by atoms with Crippen LogP contribution in [0.25, 0.3) is 0 Å². The molecule has 4 atom stereocenters. The second-order valence-electron chi connectivity index (χ2n) is 7.77. The van der Waals surface area contributed by atoms with E-state index in [0.29, 0.717) is 0 Å². The van der Waals surface area contributed by atoms with Crippen LogP contribution in [0.2, 0.25) is 17.6 Å². The predicted octanol–water partition coefficient (Wildman–Crippen LogP) is 0.169. The highest BCUT2D eigenvalue weighted by atomic mass is 28.3. The smallest absolute Gasteiger partial charge is 0.249 e. The topological polar surface area (TPSA) is 148 Å². The summed E-state index contributed by atoms with van der Waals surface area (Å²) in [6, 6.07) is 1.57. The molecule has 0 rings (SSSR count). The van der Waals surface area contributed by atoms with E-state index in [1.54, 1.807) is 27.7 Å². The van der Waals surface area contributed by atoms with Crippen LogP contribution in [0, 0.1) is 5.41 Å². The number of likely N-dealkylation sites (N-methyl/N-ethyl adjacent to an activating group) is 3. The molecular formula is C21H42N3O6Si. The Hall–Kier alpha value is -1.49. The van der Waals surface area contributed by atoms with Gasteiger partial charge in [-0.1, -0.05) is 45.7 Å². The maximum atomic E-state index is 12.8. The van der Waals surface area contributed by atoms with E-state index in [0.717, 1.165) is 24.9 Å². The quantitative estimate of drug-likeness (QED) is 0.192. The molecule has 0 aromatic rings. The van der Waals surface area contributed by atoms with Crippen LogP contribution in [0.4, 0.5) is 0 Å². The van der Waals surface area contributed by atoms with Crippen molar-refractivity contribution in [1.82, 2.24) is 16.0 Å². The van der Waals surface area contributed by atoms with Gasteiger partial charge in [0, 0.05) is 19.6 Å². The zero-order valence-electron chi connectivity index (χ0n) is 19.8. The molecule has 3 amide bonds. The largest absolute Gasteiger partial charge is 0.382 e. The van der Waals surface area contributed by atoms with Crippen molar-refractivity contribution in [3.05, 3.63) is 0 Å². The van der Waals surface area contributed by atoms with Gasteiger partial charge in [0.2, 0.25) is 17.7 Å². The normalized spacial score (nSPS) is 17.2. The zero-order chi connectivity index (χ0) is 24.2. The summed E-state index contributed by atoms with van der Waals surface area (Å²) in [4.78, 5) is 38.3. The molecule has 10 heteroatoms. The van der Waals surface area contributed by atoms with Gasteiger partial charge in [-0.25, -0.2) is 0 Å². The van der Waals surface area contributed by atoms with Crippen molar-refractivity contribution in [1.29, 1.82) is 0 Å². The summed E-state index contributed by atoms with van der Waals surface area (Å²) < 4.78 is 0. The van der Waals surface area contributed by atoms with Crippen molar-refractivity contribution in [3.63, 3.8) is 0 Å². The van der Waals surface area contributed by atoms with Crippen molar-refractivity contribution in [2.75, 3.05) is 19.6 Å². The number of nitrogens with one attached hydrogen (secondary N) is 3. The third-order valence-electron chi connectivity index (χ3n) is 5.72. The number of hydrogen-bond donors (Lipinski definition) is 6. The fraction of sp³-hybridized carbons (Fsp3) is 0.857. The highest BCUT2D eigenvalue weighted by Crippen LogP contribution is 2.47. The standard InChI is InChI=1S/C21H42N3O6Si/c1-7-12-31(13-8-2)14(6)21(15(25)18(28)22-9-3,16(26)19(29)23-10-4)17(27)20(30)24-11-5/h14-17,25-27H,7-13H2,1-6H3,(H,22,28)(H,23,29)(H,24,30). The van der Waals surface area contributed by atoms with Gasteiger partial charge in [-0.05, 0) is 26.3 Å². The summed E-state index contributed by atoms with van der Waals surface area (Å²) in [6.07, 6.45) is -4.23. The van der Waals surface area contributed by atoms with Gasteiger partial charge < -0.3 is 31.3 Å². The van der Waals surface area contributed by atoms with E-state index in [2.05, 4.69) is 16.0 Å². The third-order valence-corrected chi connectivity index (χ3v) is 9.73. The average molecular weight is 461 g/mol. The van der Waals surface area contributed by atoms with E-state index in [1.165, 1.54) is 0 Å². The zero-order valence-corrected chi connectivity index (χ0v) is 20.8. The van der Waals surface area contributed by atoms with Crippen LogP contribution >= 0.6 is 0 Å². The minimum atomic E-state index is -2.10. The first-order chi connectivity index (χ1) is 14.6. The number of hydrogen-bond acceptors (Lipinski definition) is 6. The second-order valence-corrected chi connectivity index (χ2v) is 11.0. The number of aliphatic hydroxyl groups excluding tert-OH is 3. The second kappa shape index (κ2) is 14.5. The Labute approximate surface area is 188 Å². The monoisotopic (exact) mass is 460 g/mol. The molecular weight excluding hydrogens is 418 g/mol. The number of carbonyl (C=O) groups excluding carboxylic acids is 3. The van der Waals surface area contributed by atoms with Crippen molar-refractivity contribution < 1.29 is 29.7 Å². The average Bonchev–Trinajstić information content (AvgIpc) is 2.73. The van der Waals surface area contributed by atoms with Crippen LogP contribution in [0.1, 0.15) is 54.4 Å². The van der Waals surface area contributed by atoms with E-state index < -0.39 is 55.8 Å². The minimum Gasteiger partial charge on any atom is -0.382 e. The molecule has 4 unspecified atom stereocenters. The summed E-state index contributed by atoms with van der Waals surface area (Å²) in [7, 11) is -1.38. The van der Waals surface area contributed by atoms with Gasteiger partial charge in [0.15, 0.2) is 0 Å². The van der Waals surface area contributed by atoms with Gasteiger partial charge >= 0.3 is 0 Å². The molecule has 1 radical (unpaired) electrons. The van der Waals surface area contributed by atoms with Crippen LogP contribution in [-0.4, -0.2) is 79.8 Å². The lowest BCUT2D eigenvalue weighted by atomic mass is 9.68. The summed E-state index contributed by atoms with van der Waals surface area (Å²) in [5, 5.41) is 41.1. The first-order valence-electron chi connectivity index (χ1n) is 11.3. The van der Waals surface area contributed by atoms with Gasteiger partial charge in [-0.2, -0.15) is 0 Å². The molecule has 0 aliphatic rings. The Morgan fingerprint density at radius 3 is 1.23 bits per heavy atom. The Bertz CT molecular complexity index is 512. The van der Waals surface area contributed by atoms with Crippen LogP contribution in [0.5, 0.6) is 0 Å². The minimum absolute atomic E-state index is 0.205. The van der Waals surface area contributed by atoms with E-state index in [-0.39, 0.29) is 19.6 Å². The van der Waals surface area contributed by atoms with E-state index >= 15 is 0 Å². The molecule has 0 bridgehead atoms. The molecule has 0 saturated carbocycles. The predicted molar refractivity (Wildman–Crippen MR) is 122 cm³/mol. The highest BCUT2D eigenvalue weighted by Gasteiger charge is 2.61. The maximum Gasteiger partial charge on any atom is 0.249 e. The third kappa shape index (κ3) is 7.00. The van der Waals surface area contributed by atoms with Crippen molar-refractivity contribution in [2.24, 2.45) is 5.41 Å². The maximum absolute atomic E-state index is 12.8. The van der Waals surface area contributed by atoms with Gasteiger partial charge in [-0.3, -0.25) is 14.4 Å². The Morgan fingerprint density at radius 1 is 0.710 bits per heavy atom. The highest BCUT2D eigenvalue weighted by molar-refractivity contribution is 6.60. The number of amides is 3. The number of aliphatic hydroxyl groups is 3.